The van der Waals surface area contributed by atoms with Gasteiger partial charge >= 0.3 is 5.63 Å². The van der Waals surface area contributed by atoms with Crippen LogP contribution in [0.2, 0.25) is 0 Å². The topological polar surface area (TPSA) is 127 Å². The normalized spacial score (nSPS) is 18.5. The van der Waals surface area contributed by atoms with Gasteiger partial charge in [0.1, 0.15) is 17.1 Å². The van der Waals surface area contributed by atoms with Crippen LogP contribution in [0.1, 0.15) is 62.0 Å². The Balaban J connectivity index is 1.59. The zero-order valence-electron chi connectivity index (χ0n) is 23.1. The van der Waals surface area contributed by atoms with Crippen LogP contribution in [-0.4, -0.2) is 41.2 Å². The van der Waals surface area contributed by atoms with Crippen molar-refractivity contribution in [2.75, 3.05) is 12.4 Å². The summed E-state index contributed by atoms with van der Waals surface area (Å²) in [6.45, 7) is 9.48. The second kappa shape index (κ2) is 11.1. The fourth-order valence-corrected chi connectivity index (χ4v) is 4.73. The van der Waals surface area contributed by atoms with Crippen LogP contribution >= 0.6 is 0 Å². The second-order valence-corrected chi connectivity index (χ2v) is 10.5. The molecule has 9 heteroatoms. The summed E-state index contributed by atoms with van der Waals surface area (Å²) < 4.78 is 23.2. The maximum atomic E-state index is 13.0. The molecule has 1 aliphatic rings. The average molecular weight is 538 g/mol. The Morgan fingerprint density at radius 2 is 1.92 bits per heavy atom. The first kappa shape index (κ1) is 28.2. The highest BCUT2D eigenvalue weighted by atomic mass is 16.7. The van der Waals surface area contributed by atoms with Crippen LogP contribution in [-0.2, 0) is 15.9 Å². The maximum Gasteiger partial charge on any atom is 0.364 e. The fraction of sp³-hybridized carbons (Fsp3) is 0.400. The molecule has 0 aliphatic carbocycles. The van der Waals surface area contributed by atoms with Gasteiger partial charge in [0.2, 0.25) is 6.29 Å². The lowest BCUT2D eigenvalue weighted by Gasteiger charge is -2.41. The number of carbonyl (C=O) groups excluding carboxylic acids is 1. The molecule has 39 heavy (non-hydrogen) atoms. The molecule has 2 heterocycles. The standard InChI is InChI=1S/C30H35NO8/c1-16(2)7-8-18-15-19(9-11-21(18)32)28(34)31-25-26(33)20-10-12-22(17(3)27(20)38-29(25)35)37-24-14-13-23(36-6)30(4,5)39-24/h7,9-12,15,23-24,32-33H,8,13-14H2,1-6H3,(H,31,34)/t23?,24-/m1/s1. The van der Waals surface area contributed by atoms with Crippen LogP contribution in [0.3, 0.4) is 0 Å². The number of aryl methyl sites for hydroxylation is 1. The van der Waals surface area contributed by atoms with Gasteiger partial charge in [0.05, 0.1) is 17.1 Å². The van der Waals surface area contributed by atoms with E-state index in [2.05, 4.69) is 5.32 Å². The van der Waals surface area contributed by atoms with Crippen LogP contribution in [0.25, 0.3) is 11.0 Å². The van der Waals surface area contributed by atoms with Crippen molar-refractivity contribution in [2.24, 2.45) is 0 Å². The first-order valence-electron chi connectivity index (χ1n) is 12.8. The molecular formula is C30H35NO8. The van der Waals surface area contributed by atoms with E-state index in [0.717, 1.165) is 12.0 Å². The molecule has 9 nitrogen and oxygen atoms in total. The first-order valence-corrected chi connectivity index (χ1v) is 12.8. The minimum atomic E-state index is -0.907. The summed E-state index contributed by atoms with van der Waals surface area (Å²) in [4.78, 5) is 25.8. The van der Waals surface area contributed by atoms with Gasteiger partial charge in [-0.1, -0.05) is 11.6 Å². The number of methoxy groups -OCH3 is 1. The Bertz CT molecular complexity index is 1480. The minimum Gasteiger partial charge on any atom is -0.508 e. The molecule has 0 bridgehead atoms. The Hall–Kier alpha value is -3.82. The molecule has 3 aromatic rings. The summed E-state index contributed by atoms with van der Waals surface area (Å²) in [7, 11) is 1.66. The third-order valence-corrected chi connectivity index (χ3v) is 6.98. The minimum absolute atomic E-state index is 0.0517. The summed E-state index contributed by atoms with van der Waals surface area (Å²) in [5.41, 5.74) is 0.686. The Morgan fingerprint density at radius 1 is 1.18 bits per heavy atom. The number of anilines is 1. The molecule has 2 aromatic carbocycles. The Labute approximate surface area is 227 Å². The number of rotatable bonds is 7. The summed E-state index contributed by atoms with van der Waals surface area (Å²) in [6.07, 6.45) is 3.18. The molecule has 1 aromatic heterocycles. The molecule has 1 saturated heterocycles. The predicted molar refractivity (Wildman–Crippen MR) is 148 cm³/mol. The monoisotopic (exact) mass is 537 g/mol. The molecule has 1 unspecified atom stereocenters. The molecule has 1 aliphatic heterocycles. The number of benzene rings is 2. The third-order valence-electron chi connectivity index (χ3n) is 6.98. The van der Waals surface area contributed by atoms with E-state index in [9.17, 15) is 19.8 Å². The molecule has 1 fully saturated rings. The van der Waals surface area contributed by atoms with Gasteiger partial charge < -0.3 is 34.2 Å². The van der Waals surface area contributed by atoms with Crippen molar-refractivity contribution >= 4 is 22.6 Å². The number of fused-ring (bicyclic) bond motifs is 1. The zero-order chi connectivity index (χ0) is 28.5. The van der Waals surface area contributed by atoms with Gasteiger partial charge in [-0.2, -0.15) is 0 Å². The van der Waals surface area contributed by atoms with Crippen molar-refractivity contribution in [2.45, 2.75) is 71.9 Å². The van der Waals surface area contributed by atoms with E-state index in [1.807, 2.05) is 33.8 Å². The van der Waals surface area contributed by atoms with Crippen molar-refractivity contribution in [3.05, 3.63) is 69.1 Å². The van der Waals surface area contributed by atoms with E-state index in [1.165, 1.54) is 12.1 Å². The number of allylic oxidation sites excluding steroid dienone is 2. The molecule has 3 N–H and O–H groups in total. The van der Waals surface area contributed by atoms with Gasteiger partial charge in [-0.25, -0.2) is 4.79 Å². The van der Waals surface area contributed by atoms with Gasteiger partial charge in [-0.3, -0.25) is 4.79 Å². The quantitative estimate of drug-likeness (QED) is 0.263. The lowest BCUT2D eigenvalue weighted by Crippen LogP contribution is -2.49. The molecular weight excluding hydrogens is 502 g/mol. The number of phenols is 1. The van der Waals surface area contributed by atoms with E-state index in [0.29, 0.717) is 29.7 Å². The number of hydrogen-bond acceptors (Lipinski definition) is 8. The summed E-state index contributed by atoms with van der Waals surface area (Å²) in [6, 6.07) is 7.63. The van der Waals surface area contributed by atoms with Gasteiger partial charge in [0.15, 0.2) is 11.4 Å². The van der Waals surface area contributed by atoms with E-state index < -0.39 is 29.2 Å². The second-order valence-electron chi connectivity index (χ2n) is 10.5. The molecule has 1 amide bonds. The smallest absolute Gasteiger partial charge is 0.364 e. The van der Waals surface area contributed by atoms with Crippen molar-refractivity contribution in [3.63, 3.8) is 0 Å². The lowest BCUT2D eigenvalue weighted by molar-refractivity contribution is -0.233. The van der Waals surface area contributed by atoms with Crippen LogP contribution in [0.15, 0.2) is 51.2 Å². The van der Waals surface area contributed by atoms with Gasteiger partial charge in [0, 0.05) is 24.7 Å². The molecule has 208 valence electrons. The zero-order valence-corrected chi connectivity index (χ0v) is 23.1. The average Bonchev–Trinajstić information content (AvgIpc) is 2.87. The maximum absolute atomic E-state index is 13.0. The lowest BCUT2D eigenvalue weighted by atomic mass is 9.94. The van der Waals surface area contributed by atoms with E-state index >= 15 is 0 Å². The van der Waals surface area contributed by atoms with Gasteiger partial charge in [-0.15, -0.1) is 0 Å². The van der Waals surface area contributed by atoms with E-state index in [4.69, 9.17) is 18.6 Å². The van der Waals surface area contributed by atoms with E-state index in [1.54, 1.807) is 32.2 Å². The molecule has 0 spiro atoms. The Morgan fingerprint density at radius 3 is 2.59 bits per heavy atom. The van der Waals surface area contributed by atoms with E-state index in [-0.39, 0.29) is 34.1 Å². The number of amides is 1. The van der Waals surface area contributed by atoms with Crippen LogP contribution in [0.5, 0.6) is 17.2 Å². The highest BCUT2D eigenvalue weighted by Crippen LogP contribution is 2.37. The Kier molecular flexibility index (Phi) is 8.04. The van der Waals surface area contributed by atoms with Gasteiger partial charge in [-0.05, 0) is 83.4 Å². The van der Waals surface area contributed by atoms with Crippen molar-refractivity contribution in [1.29, 1.82) is 0 Å². The molecule has 4 rings (SSSR count). The first-order chi connectivity index (χ1) is 18.4. The van der Waals surface area contributed by atoms with Crippen LogP contribution < -0.4 is 15.7 Å². The largest absolute Gasteiger partial charge is 0.508 e. The SMILES string of the molecule is COC1CC[C@H](Oc2ccc3c(O)c(NC(=O)c4ccc(O)c(CC=C(C)C)c4)c(=O)oc3c2C)OC1(C)C. The summed E-state index contributed by atoms with van der Waals surface area (Å²) in [5.74, 6) is -0.526. The number of phenolic OH excluding ortho intramolecular Hbond substituents is 1. The van der Waals surface area contributed by atoms with Gasteiger partial charge in [0.25, 0.3) is 5.91 Å². The van der Waals surface area contributed by atoms with Crippen molar-refractivity contribution < 1.29 is 33.6 Å². The van der Waals surface area contributed by atoms with Crippen LogP contribution in [0.4, 0.5) is 5.69 Å². The number of nitrogens with one attached hydrogen (secondary N) is 1. The third kappa shape index (κ3) is 5.94. The van der Waals surface area contributed by atoms with Crippen molar-refractivity contribution in [1.82, 2.24) is 0 Å². The molecule has 0 saturated carbocycles. The van der Waals surface area contributed by atoms with Crippen LogP contribution in [0, 0.1) is 6.92 Å². The number of carbonyl (C=O) groups is 1. The highest BCUT2D eigenvalue weighted by Gasteiger charge is 2.39. The molecule has 2 atom stereocenters. The summed E-state index contributed by atoms with van der Waals surface area (Å²) >= 11 is 0. The fourth-order valence-electron chi connectivity index (χ4n) is 4.73. The highest BCUT2D eigenvalue weighted by molar-refractivity contribution is 6.06. The molecule has 0 radical (unpaired) electrons. The summed E-state index contributed by atoms with van der Waals surface area (Å²) in [5, 5.41) is 23.8. The number of hydrogen-bond donors (Lipinski definition) is 3. The number of ether oxygens (including phenoxy) is 3. The predicted octanol–water partition coefficient (Wildman–Crippen LogP) is 5.58. The van der Waals surface area contributed by atoms with Crippen molar-refractivity contribution in [3.8, 4) is 17.2 Å². The number of aromatic hydroxyl groups is 2.